The molecule has 0 radical (unpaired) electrons. The zero-order valence-corrected chi connectivity index (χ0v) is 9.42. The SMILES string of the molecule is COc1ccc(C(C)(C)C)nc1OC. The Balaban J connectivity index is 3.14. The maximum absolute atomic E-state index is 5.14. The van der Waals surface area contributed by atoms with E-state index in [1.54, 1.807) is 14.2 Å². The molecule has 0 aliphatic heterocycles. The van der Waals surface area contributed by atoms with Crippen LogP contribution in [-0.4, -0.2) is 19.2 Å². The second kappa shape index (κ2) is 3.86. The molecule has 0 unspecified atom stereocenters. The van der Waals surface area contributed by atoms with Crippen LogP contribution in [0.25, 0.3) is 0 Å². The highest BCUT2D eigenvalue weighted by atomic mass is 16.5. The zero-order chi connectivity index (χ0) is 10.8. The number of nitrogens with zero attached hydrogens (tertiary/aromatic N) is 1. The van der Waals surface area contributed by atoms with Crippen molar-refractivity contribution in [2.24, 2.45) is 0 Å². The molecule has 1 aromatic rings. The molecule has 78 valence electrons. The maximum Gasteiger partial charge on any atom is 0.256 e. The lowest BCUT2D eigenvalue weighted by atomic mass is 9.92. The van der Waals surface area contributed by atoms with Crippen LogP contribution in [0.4, 0.5) is 0 Å². The van der Waals surface area contributed by atoms with Gasteiger partial charge in [-0.05, 0) is 12.1 Å². The molecule has 0 fully saturated rings. The summed E-state index contributed by atoms with van der Waals surface area (Å²) < 4.78 is 10.3. The van der Waals surface area contributed by atoms with Crippen molar-refractivity contribution in [3.8, 4) is 11.6 Å². The highest BCUT2D eigenvalue weighted by molar-refractivity contribution is 5.36. The normalized spacial score (nSPS) is 11.2. The molecule has 0 aliphatic rings. The number of ether oxygens (including phenoxy) is 2. The van der Waals surface area contributed by atoms with Gasteiger partial charge in [-0.25, -0.2) is 4.98 Å². The zero-order valence-electron chi connectivity index (χ0n) is 9.42. The minimum Gasteiger partial charge on any atom is -0.491 e. The molecule has 1 rings (SSSR count). The van der Waals surface area contributed by atoms with Gasteiger partial charge in [-0.3, -0.25) is 0 Å². The number of rotatable bonds is 2. The van der Waals surface area contributed by atoms with E-state index in [4.69, 9.17) is 9.47 Å². The Morgan fingerprint density at radius 1 is 1.07 bits per heavy atom. The van der Waals surface area contributed by atoms with Crippen LogP contribution in [0.5, 0.6) is 11.6 Å². The second-order valence-electron chi connectivity index (χ2n) is 4.16. The average Bonchev–Trinajstić information content (AvgIpc) is 2.15. The van der Waals surface area contributed by atoms with Crippen molar-refractivity contribution in [2.75, 3.05) is 14.2 Å². The summed E-state index contributed by atoms with van der Waals surface area (Å²) >= 11 is 0. The molecule has 14 heavy (non-hydrogen) atoms. The smallest absolute Gasteiger partial charge is 0.256 e. The van der Waals surface area contributed by atoms with Crippen molar-refractivity contribution in [3.05, 3.63) is 17.8 Å². The van der Waals surface area contributed by atoms with Gasteiger partial charge in [0.1, 0.15) is 0 Å². The Morgan fingerprint density at radius 2 is 1.71 bits per heavy atom. The van der Waals surface area contributed by atoms with Crippen LogP contribution in [0, 0.1) is 0 Å². The molecule has 1 aromatic heterocycles. The first-order valence-corrected chi connectivity index (χ1v) is 4.58. The lowest BCUT2D eigenvalue weighted by Crippen LogP contribution is -2.13. The van der Waals surface area contributed by atoms with E-state index in [0.29, 0.717) is 11.6 Å². The van der Waals surface area contributed by atoms with Gasteiger partial charge in [0.15, 0.2) is 5.75 Å². The van der Waals surface area contributed by atoms with Crippen molar-refractivity contribution in [3.63, 3.8) is 0 Å². The van der Waals surface area contributed by atoms with Crippen molar-refractivity contribution in [2.45, 2.75) is 26.2 Å². The third-order valence-corrected chi connectivity index (χ3v) is 2.01. The van der Waals surface area contributed by atoms with Crippen LogP contribution >= 0.6 is 0 Å². The van der Waals surface area contributed by atoms with Gasteiger partial charge in [0, 0.05) is 5.41 Å². The van der Waals surface area contributed by atoms with E-state index in [9.17, 15) is 0 Å². The second-order valence-corrected chi connectivity index (χ2v) is 4.16. The number of methoxy groups -OCH3 is 2. The molecule has 0 amide bonds. The molecular formula is C11H17NO2. The summed E-state index contributed by atoms with van der Waals surface area (Å²) in [7, 11) is 3.20. The molecule has 0 spiro atoms. The first-order valence-electron chi connectivity index (χ1n) is 4.58. The molecule has 3 nitrogen and oxygen atoms in total. The molecule has 3 heteroatoms. The van der Waals surface area contributed by atoms with E-state index in [-0.39, 0.29) is 5.41 Å². The summed E-state index contributed by atoms with van der Waals surface area (Å²) in [6.45, 7) is 6.34. The number of aromatic nitrogens is 1. The number of hydrogen-bond donors (Lipinski definition) is 0. The average molecular weight is 195 g/mol. The fraction of sp³-hybridized carbons (Fsp3) is 0.545. The maximum atomic E-state index is 5.14. The van der Waals surface area contributed by atoms with Crippen LogP contribution in [0.15, 0.2) is 12.1 Å². The molecule has 0 saturated heterocycles. The van der Waals surface area contributed by atoms with Crippen molar-refractivity contribution >= 4 is 0 Å². The van der Waals surface area contributed by atoms with Gasteiger partial charge in [0.25, 0.3) is 5.88 Å². The predicted octanol–water partition coefficient (Wildman–Crippen LogP) is 2.40. The standard InChI is InChI=1S/C11H17NO2/c1-11(2,3)9-7-6-8(13-4)10(12-9)14-5/h6-7H,1-5H3. The first-order chi connectivity index (χ1) is 6.49. The number of hydrogen-bond acceptors (Lipinski definition) is 3. The van der Waals surface area contributed by atoms with Gasteiger partial charge in [-0.1, -0.05) is 20.8 Å². The predicted molar refractivity (Wildman–Crippen MR) is 56.0 cm³/mol. The van der Waals surface area contributed by atoms with E-state index < -0.39 is 0 Å². The van der Waals surface area contributed by atoms with Crippen LogP contribution < -0.4 is 9.47 Å². The van der Waals surface area contributed by atoms with Crippen molar-refractivity contribution in [1.29, 1.82) is 0 Å². The monoisotopic (exact) mass is 195 g/mol. The quantitative estimate of drug-likeness (QED) is 0.726. The van der Waals surface area contributed by atoms with Crippen LogP contribution in [-0.2, 0) is 5.41 Å². The van der Waals surface area contributed by atoms with Gasteiger partial charge in [-0.15, -0.1) is 0 Å². The molecule has 0 bridgehead atoms. The Hall–Kier alpha value is -1.25. The van der Waals surface area contributed by atoms with E-state index >= 15 is 0 Å². The molecule has 0 aromatic carbocycles. The Morgan fingerprint density at radius 3 is 2.14 bits per heavy atom. The molecule has 0 saturated carbocycles. The lowest BCUT2D eigenvalue weighted by Gasteiger charge is -2.18. The molecule has 0 N–H and O–H groups in total. The largest absolute Gasteiger partial charge is 0.491 e. The summed E-state index contributed by atoms with van der Waals surface area (Å²) in [5.41, 5.74) is 1.02. The van der Waals surface area contributed by atoms with Crippen molar-refractivity contribution in [1.82, 2.24) is 4.98 Å². The third kappa shape index (κ3) is 2.16. The third-order valence-electron chi connectivity index (χ3n) is 2.01. The van der Waals surface area contributed by atoms with Gasteiger partial charge < -0.3 is 9.47 Å². The van der Waals surface area contributed by atoms with Gasteiger partial charge in [0.2, 0.25) is 0 Å². The van der Waals surface area contributed by atoms with E-state index in [1.807, 2.05) is 12.1 Å². The van der Waals surface area contributed by atoms with E-state index in [0.717, 1.165) is 5.69 Å². The topological polar surface area (TPSA) is 31.4 Å². The Bertz CT molecular complexity index is 316. The van der Waals surface area contributed by atoms with Gasteiger partial charge >= 0.3 is 0 Å². The van der Waals surface area contributed by atoms with Crippen LogP contribution in [0.1, 0.15) is 26.5 Å². The fourth-order valence-corrected chi connectivity index (χ4v) is 1.15. The summed E-state index contributed by atoms with van der Waals surface area (Å²) in [5, 5.41) is 0. The van der Waals surface area contributed by atoms with Crippen LogP contribution in [0.2, 0.25) is 0 Å². The molecule has 0 atom stereocenters. The number of pyridine rings is 1. The lowest BCUT2D eigenvalue weighted by molar-refractivity contribution is 0.339. The van der Waals surface area contributed by atoms with E-state index in [2.05, 4.69) is 25.8 Å². The summed E-state index contributed by atoms with van der Waals surface area (Å²) in [5.74, 6) is 1.21. The first kappa shape index (κ1) is 10.8. The molecular weight excluding hydrogens is 178 g/mol. The highest BCUT2D eigenvalue weighted by Gasteiger charge is 2.17. The molecule has 1 heterocycles. The minimum absolute atomic E-state index is 0.0273. The Labute approximate surface area is 85.1 Å². The Kier molecular flexibility index (Phi) is 2.99. The molecule has 0 aliphatic carbocycles. The fourth-order valence-electron chi connectivity index (χ4n) is 1.15. The summed E-state index contributed by atoms with van der Waals surface area (Å²) in [4.78, 5) is 4.39. The van der Waals surface area contributed by atoms with Crippen molar-refractivity contribution < 1.29 is 9.47 Å². The summed E-state index contributed by atoms with van der Waals surface area (Å²) in [6, 6.07) is 3.84. The van der Waals surface area contributed by atoms with Gasteiger partial charge in [-0.2, -0.15) is 0 Å². The van der Waals surface area contributed by atoms with Gasteiger partial charge in [0.05, 0.1) is 19.9 Å². The highest BCUT2D eigenvalue weighted by Crippen LogP contribution is 2.28. The summed E-state index contributed by atoms with van der Waals surface area (Å²) in [6.07, 6.45) is 0. The minimum atomic E-state index is 0.0273. The van der Waals surface area contributed by atoms with E-state index in [1.165, 1.54) is 0 Å². The van der Waals surface area contributed by atoms with Crippen LogP contribution in [0.3, 0.4) is 0 Å².